The molecule has 0 aromatic heterocycles. The van der Waals surface area contributed by atoms with E-state index in [-0.39, 0.29) is 39.6 Å². The number of nitrogens with one attached hydrogen (secondary N) is 1. The maximum Gasteiger partial charge on any atom is 0.264 e. The van der Waals surface area contributed by atoms with Crippen LogP contribution in [0.5, 0.6) is 0 Å². The summed E-state index contributed by atoms with van der Waals surface area (Å²) in [6, 6.07) is 25.3. The van der Waals surface area contributed by atoms with Gasteiger partial charge in [-0.1, -0.05) is 77.8 Å². The lowest BCUT2D eigenvalue weighted by Gasteiger charge is -2.34. The van der Waals surface area contributed by atoms with Crippen molar-refractivity contribution in [1.29, 1.82) is 0 Å². The number of sulfonamides is 1. The van der Waals surface area contributed by atoms with Gasteiger partial charge in [-0.2, -0.15) is 0 Å². The van der Waals surface area contributed by atoms with Gasteiger partial charge >= 0.3 is 0 Å². The van der Waals surface area contributed by atoms with Crippen LogP contribution < -0.4 is 9.62 Å². The first kappa shape index (κ1) is 33.0. The summed E-state index contributed by atoms with van der Waals surface area (Å²) in [5.74, 6) is -1.70. The zero-order valence-corrected chi connectivity index (χ0v) is 26.5. The van der Waals surface area contributed by atoms with E-state index < -0.39 is 40.2 Å². The van der Waals surface area contributed by atoms with Gasteiger partial charge in [-0.15, -0.1) is 0 Å². The Bertz CT molecular complexity index is 1670. The lowest BCUT2D eigenvalue weighted by molar-refractivity contribution is -0.140. The van der Waals surface area contributed by atoms with Crippen LogP contribution in [0, 0.1) is 5.82 Å². The quantitative estimate of drug-likeness (QED) is 0.189. The van der Waals surface area contributed by atoms with Crippen molar-refractivity contribution in [2.45, 2.75) is 43.8 Å². The van der Waals surface area contributed by atoms with E-state index in [1.807, 2.05) is 30.3 Å². The maximum atomic E-state index is 14.4. The lowest BCUT2D eigenvalue weighted by atomic mass is 10.0. The molecule has 7 nitrogen and oxygen atoms in total. The summed E-state index contributed by atoms with van der Waals surface area (Å²) in [6.07, 6.45) is 0.142. The molecule has 1 atom stereocenters. The van der Waals surface area contributed by atoms with Crippen molar-refractivity contribution in [2.75, 3.05) is 10.8 Å². The highest BCUT2D eigenvalue weighted by Crippen LogP contribution is 2.29. The molecule has 0 heterocycles. The van der Waals surface area contributed by atoms with Crippen LogP contribution in [-0.2, 0) is 32.6 Å². The molecule has 0 unspecified atom stereocenters. The molecule has 4 aromatic rings. The Labute approximate surface area is 267 Å². The Morgan fingerprint density at radius 1 is 0.818 bits per heavy atom. The predicted octanol–water partition coefficient (Wildman–Crippen LogP) is 6.49. The Morgan fingerprint density at radius 2 is 1.39 bits per heavy atom. The number of rotatable bonds is 12. The van der Waals surface area contributed by atoms with E-state index in [1.165, 1.54) is 4.90 Å². The Morgan fingerprint density at radius 3 is 1.95 bits per heavy atom. The molecular weight excluding hydrogens is 624 g/mol. The Balaban J connectivity index is 1.82. The summed E-state index contributed by atoms with van der Waals surface area (Å²) in [7, 11) is -4.35. The fourth-order valence-corrected chi connectivity index (χ4v) is 6.58. The molecule has 0 aliphatic carbocycles. The fraction of sp³-hybridized carbons (Fsp3) is 0.212. The SMILES string of the molecule is CC(C)NC(=O)[C@@H](Cc1ccccc1)N(Cc1c(Cl)cccc1Cl)C(=O)CN(c1ccccc1)S(=O)(=O)c1ccc(F)cc1. The zero-order valence-electron chi connectivity index (χ0n) is 24.2. The number of para-hydroxylation sites is 1. The van der Waals surface area contributed by atoms with Gasteiger partial charge < -0.3 is 10.2 Å². The van der Waals surface area contributed by atoms with Crippen molar-refractivity contribution in [3.05, 3.63) is 130 Å². The number of anilines is 1. The van der Waals surface area contributed by atoms with Gasteiger partial charge in [0.2, 0.25) is 11.8 Å². The number of benzene rings is 4. The van der Waals surface area contributed by atoms with Crippen molar-refractivity contribution in [1.82, 2.24) is 10.2 Å². The van der Waals surface area contributed by atoms with E-state index in [2.05, 4.69) is 5.32 Å². The van der Waals surface area contributed by atoms with E-state index in [0.717, 1.165) is 34.1 Å². The predicted molar refractivity (Wildman–Crippen MR) is 172 cm³/mol. The van der Waals surface area contributed by atoms with Crippen molar-refractivity contribution in [2.24, 2.45) is 0 Å². The summed E-state index contributed by atoms with van der Waals surface area (Å²) in [5, 5.41) is 3.47. The van der Waals surface area contributed by atoms with E-state index >= 15 is 0 Å². The topological polar surface area (TPSA) is 86.8 Å². The largest absolute Gasteiger partial charge is 0.352 e. The minimum atomic E-state index is -4.35. The van der Waals surface area contributed by atoms with E-state index in [1.54, 1.807) is 62.4 Å². The zero-order chi connectivity index (χ0) is 31.9. The van der Waals surface area contributed by atoms with Gasteiger partial charge in [0, 0.05) is 34.6 Å². The molecule has 0 bridgehead atoms. The number of carbonyl (C=O) groups is 2. The summed E-state index contributed by atoms with van der Waals surface area (Å²) in [5.41, 5.74) is 1.41. The van der Waals surface area contributed by atoms with Crippen LogP contribution in [0.1, 0.15) is 25.0 Å². The van der Waals surface area contributed by atoms with Crippen molar-refractivity contribution < 1.29 is 22.4 Å². The van der Waals surface area contributed by atoms with Crippen LogP contribution in [0.15, 0.2) is 108 Å². The number of amides is 2. The highest BCUT2D eigenvalue weighted by atomic mass is 35.5. The molecule has 0 aliphatic rings. The molecule has 0 radical (unpaired) electrons. The lowest BCUT2D eigenvalue weighted by Crippen LogP contribution is -2.54. The third-order valence-corrected chi connectivity index (χ3v) is 9.31. The average Bonchev–Trinajstić information content (AvgIpc) is 2.99. The smallest absolute Gasteiger partial charge is 0.264 e. The molecule has 4 rings (SSSR count). The molecule has 44 heavy (non-hydrogen) atoms. The number of halogens is 3. The highest BCUT2D eigenvalue weighted by Gasteiger charge is 2.35. The minimum Gasteiger partial charge on any atom is -0.352 e. The first-order valence-electron chi connectivity index (χ1n) is 13.9. The first-order valence-corrected chi connectivity index (χ1v) is 16.1. The fourth-order valence-electron chi connectivity index (χ4n) is 4.65. The summed E-state index contributed by atoms with van der Waals surface area (Å²) in [6.45, 7) is 2.79. The van der Waals surface area contributed by atoms with Crippen LogP contribution in [0.4, 0.5) is 10.1 Å². The summed E-state index contributed by atoms with van der Waals surface area (Å²) >= 11 is 13.0. The molecule has 0 fully saturated rings. The molecule has 230 valence electrons. The van der Waals surface area contributed by atoms with Crippen molar-refractivity contribution in [3.63, 3.8) is 0 Å². The molecule has 2 amide bonds. The van der Waals surface area contributed by atoms with Crippen LogP contribution in [0.25, 0.3) is 0 Å². The molecule has 0 aliphatic heterocycles. The highest BCUT2D eigenvalue weighted by molar-refractivity contribution is 7.92. The van der Waals surface area contributed by atoms with Crippen LogP contribution in [0.3, 0.4) is 0 Å². The first-order chi connectivity index (χ1) is 21.0. The minimum absolute atomic E-state index is 0.142. The Kier molecular flexibility index (Phi) is 11.0. The van der Waals surface area contributed by atoms with Gasteiger partial charge in [-0.05, 0) is 67.9 Å². The third kappa shape index (κ3) is 8.16. The third-order valence-electron chi connectivity index (χ3n) is 6.82. The van der Waals surface area contributed by atoms with Gasteiger partial charge in [-0.3, -0.25) is 13.9 Å². The van der Waals surface area contributed by atoms with E-state index in [4.69, 9.17) is 23.2 Å². The second-order valence-corrected chi connectivity index (χ2v) is 13.1. The van der Waals surface area contributed by atoms with Crippen LogP contribution in [0.2, 0.25) is 10.0 Å². The molecule has 0 spiro atoms. The van der Waals surface area contributed by atoms with Gasteiger partial charge in [0.15, 0.2) is 0 Å². The molecule has 11 heteroatoms. The normalized spacial score (nSPS) is 12.0. The van der Waals surface area contributed by atoms with E-state index in [0.29, 0.717) is 5.56 Å². The number of carbonyl (C=O) groups excluding carboxylic acids is 2. The number of hydrogen-bond donors (Lipinski definition) is 1. The van der Waals surface area contributed by atoms with Gasteiger partial charge in [-0.25, -0.2) is 12.8 Å². The van der Waals surface area contributed by atoms with Crippen LogP contribution in [-0.4, -0.2) is 43.8 Å². The molecule has 0 saturated heterocycles. The van der Waals surface area contributed by atoms with E-state index in [9.17, 15) is 22.4 Å². The van der Waals surface area contributed by atoms with Gasteiger partial charge in [0.05, 0.1) is 10.6 Å². The number of nitrogens with zero attached hydrogens (tertiary/aromatic N) is 2. The maximum absolute atomic E-state index is 14.4. The van der Waals surface area contributed by atoms with Gasteiger partial charge in [0.1, 0.15) is 18.4 Å². The van der Waals surface area contributed by atoms with Crippen molar-refractivity contribution in [3.8, 4) is 0 Å². The second-order valence-electron chi connectivity index (χ2n) is 10.4. The van der Waals surface area contributed by atoms with Crippen LogP contribution >= 0.6 is 23.2 Å². The molecular formula is C33H32Cl2FN3O4S. The standard InChI is InChI=1S/C33H32Cl2FN3O4S/c1-23(2)37-33(41)31(20-24-10-5-3-6-11-24)38(21-28-29(34)14-9-15-30(28)35)32(40)22-39(26-12-7-4-8-13-26)44(42,43)27-18-16-25(36)17-19-27/h3-19,23,31H,20-22H2,1-2H3,(H,37,41)/t31-/m1/s1. The summed E-state index contributed by atoms with van der Waals surface area (Å²) in [4.78, 5) is 29.2. The molecule has 4 aromatic carbocycles. The summed E-state index contributed by atoms with van der Waals surface area (Å²) < 4.78 is 42.5. The number of hydrogen-bond acceptors (Lipinski definition) is 4. The molecule has 0 saturated carbocycles. The van der Waals surface area contributed by atoms with Crippen molar-refractivity contribution >= 4 is 50.7 Å². The second kappa shape index (κ2) is 14.7. The average molecular weight is 657 g/mol. The monoisotopic (exact) mass is 655 g/mol. The van der Waals surface area contributed by atoms with Gasteiger partial charge in [0.25, 0.3) is 10.0 Å². The Hall–Kier alpha value is -3.92. The molecule has 1 N–H and O–H groups in total.